The van der Waals surface area contributed by atoms with E-state index in [9.17, 15) is 4.79 Å². The van der Waals surface area contributed by atoms with Crippen molar-refractivity contribution in [2.75, 3.05) is 39.3 Å². The highest BCUT2D eigenvalue weighted by molar-refractivity contribution is 5.76. The third-order valence-corrected chi connectivity index (χ3v) is 4.83. The van der Waals surface area contributed by atoms with E-state index in [0.29, 0.717) is 6.42 Å². The standard InChI is InChI=1S/C21H28N4O/c26-21(9-8-19-7-4-10-22-17-19)23-11-12-24-13-15-25(16-14-24)18-20-5-2-1-3-6-20/h1-7,10,17H,8-9,11-16,18H2,(H,23,26). The molecule has 2 heterocycles. The van der Waals surface area contributed by atoms with Gasteiger partial charge in [0.2, 0.25) is 5.91 Å². The van der Waals surface area contributed by atoms with Gasteiger partial charge in [-0.2, -0.15) is 0 Å². The van der Waals surface area contributed by atoms with E-state index in [2.05, 4.69) is 50.4 Å². The topological polar surface area (TPSA) is 48.5 Å². The molecule has 0 aliphatic carbocycles. The van der Waals surface area contributed by atoms with Gasteiger partial charge in [-0.25, -0.2) is 0 Å². The Morgan fingerprint density at radius 1 is 0.962 bits per heavy atom. The van der Waals surface area contributed by atoms with Crippen LogP contribution in [0.1, 0.15) is 17.5 Å². The van der Waals surface area contributed by atoms with Gasteiger partial charge in [-0.1, -0.05) is 36.4 Å². The average Bonchev–Trinajstić information content (AvgIpc) is 2.69. The second-order valence-corrected chi connectivity index (χ2v) is 6.81. The Hall–Kier alpha value is -2.24. The molecule has 0 unspecified atom stereocenters. The number of pyridine rings is 1. The summed E-state index contributed by atoms with van der Waals surface area (Å²) in [5.74, 6) is 0.122. The van der Waals surface area contributed by atoms with E-state index < -0.39 is 0 Å². The number of piperazine rings is 1. The molecule has 1 fully saturated rings. The number of nitrogens with zero attached hydrogens (tertiary/aromatic N) is 3. The van der Waals surface area contributed by atoms with Crippen molar-refractivity contribution in [1.82, 2.24) is 20.1 Å². The Bertz CT molecular complexity index is 654. The maximum Gasteiger partial charge on any atom is 0.220 e. The van der Waals surface area contributed by atoms with Gasteiger partial charge in [-0.15, -0.1) is 0 Å². The van der Waals surface area contributed by atoms with E-state index in [1.54, 1.807) is 6.20 Å². The lowest BCUT2D eigenvalue weighted by Gasteiger charge is -2.34. The maximum atomic E-state index is 12.0. The second-order valence-electron chi connectivity index (χ2n) is 6.81. The second kappa shape index (κ2) is 10.0. The van der Waals surface area contributed by atoms with Gasteiger partial charge in [-0.3, -0.25) is 19.6 Å². The van der Waals surface area contributed by atoms with Gasteiger partial charge in [-0.05, 0) is 23.6 Å². The van der Waals surface area contributed by atoms with Gasteiger partial charge in [0, 0.05) is 64.6 Å². The highest BCUT2D eigenvalue weighted by atomic mass is 16.1. The predicted octanol–water partition coefficient (Wildman–Crippen LogP) is 1.95. The number of carbonyl (C=O) groups is 1. The molecular formula is C21H28N4O. The highest BCUT2D eigenvalue weighted by Gasteiger charge is 2.16. The largest absolute Gasteiger partial charge is 0.355 e. The number of hydrogen-bond acceptors (Lipinski definition) is 4. The van der Waals surface area contributed by atoms with Crippen LogP contribution >= 0.6 is 0 Å². The Kier molecular flexibility index (Phi) is 7.16. The van der Waals surface area contributed by atoms with Crippen LogP contribution in [0.25, 0.3) is 0 Å². The fourth-order valence-corrected chi connectivity index (χ4v) is 3.26. The van der Waals surface area contributed by atoms with Crippen LogP contribution in [0.5, 0.6) is 0 Å². The van der Waals surface area contributed by atoms with Crippen molar-refractivity contribution >= 4 is 5.91 Å². The van der Waals surface area contributed by atoms with Gasteiger partial charge in [0.15, 0.2) is 0 Å². The van der Waals surface area contributed by atoms with Gasteiger partial charge < -0.3 is 5.32 Å². The van der Waals surface area contributed by atoms with Crippen molar-refractivity contribution in [2.24, 2.45) is 0 Å². The quantitative estimate of drug-likeness (QED) is 0.789. The zero-order valence-electron chi connectivity index (χ0n) is 15.3. The van der Waals surface area contributed by atoms with Crippen LogP contribution in [-0.2, 0) is 17.8 Å². The first-order chi connectivity index (χ1) is 12.8. The summed E-state index contributed by atoms with van der Waals surface area (Å²) >= 11 is 0. The molecule has 0 bridgehead atoms. The number of amides is 1. The van der Waals surface area contributed by atoms with Gasteiger partial charge in [0.25, 0.3) is 0 Å². The molecule has 0 radical (unpaired) electrons. The Balaban J connectivity index is 1.27. The van der Waals surface area contributed by atoms with Crippen molar-refractivity contribution < 1.29 is 4.79 Å². The number of nitrogens with one attached hydrogen (secondary N) is 1. The van der Waals surface area contributed by atoms with Crippen molar-refractivity contribution in [1.29, 1.82) is 0 Å². The third kappa shape index (κ3) is 6.24. The fraction of sp³-hybridized carbons (Fsp3) is 0.429. The van der Waals surface area contributed by atoms with Crippen LogP contribution in [0.3, 0.4) is 0 Å². The van der Waals surface area contributed by atoms with Gasteiger partial charge in [0.1, 0.15) is 0 Å². The molecule has 1 amide bonds. The first-order valence-electron chi connectivity index (χ1n) is 9.44. The monoisotopic (exact) mass is 352 g/mol. The lowest BCUT2D eigenvalue weighted by atomic mass is 10.1. The van der Waals surface area contributed by atoms with E-state index in [1.165, 1.54) is 5.56 Å². The van der Waals surface area contributed by atoms with E-state index in [-0.39, 0.29) is 5.91 Å². The molecule has 26 heavy (non-hydrogen) atoms. The molecule has 1 aromatic carbocycles. The van der Waals surface area contributed by atoms with Crippen LogP contribution < -0.4 is 5.32 Å². The fourth-order valence-electron chi connectivity index (χ4n) is 3.26. The van der Waals surface area contributed by atoms with Crippen LogP contribution in [0.2, 0.25) is 0 Å². The number of aryl methyl sites for hydroxylation is 1. The minimum atomic E-state index is 0.122. The molecule has 1 N–H and O–H groups in total. The van der Waals surface area contributed by atoms with E-state index in [0.717, 1.165) is 57.8 Å². The number of hydrogen-bond donors (Lipinski definition) is 1. The summed E-state index contributed by atoms with van der Waals surface area (Å²) in [6.07, 6.45) is 4.85. The van der Waals surface area contributed by atoms with Crippen molar-refractivity contribution in [3.05, 3.63) is 66.0 Å². The Labute approximate surface area is 156 Å². The smallest absolute Gasteiger partial charge is 0.220 e. The molecule has 5 heteroatoms. The van der Waals surface area contributed by atoms with E-state index in [4.69, 9.17) is 0 Å². The summed E-state index contributed by atoms with van der Waals surface area (Å²) in [4.78, 5) is 21.0. The van der Waals surface area contributed by atoms with Crippen LogP contribution in [0.4, 0.5) is 0 Å². The SMILES string of the molecule is O=C(CCc1cccnc1)NCCN1CCN(Cc2ccccc2)CC1. The molecule has 3 rings (SSSR count). The highest BCUT2D eigenvalue weighted by Crippen LogP contribution is 2.08. The maximum absolute atomic E-state index is 12.0. The average molecular weight is 352 g/mol. The molecular weight excluding hydrogens is 324 g/mol. The lowest BCUT2D eigenvalue weighted by molar-refractivity contribution is -0.121. The molecule has 2 aromatic rings. The summed E-state index contributed by atoms with van der Waals surface area (Å²) in [7, 11) is 0. The van der Waals surface area contributed by atoms with Crippen molar-refractivity contribution in [2.45, 2.75) is 19.4 Å². The predicted molar refractivity (Wildman–Crippen MR) is 104 cm³/mol. The molecule has 1 aliphatic rings. The van der Waals surface area contributed by atoms with E-state index in [1.807, 2.05) is 18.3 Å². The zero-order chi connectivity index (χ0) is 18.0. The Morgan fingerprint density at radius 3 is 2.42 bits per heavy atom. The van der Waals surface area contributed by atoms with Crippen molar-refractivity contribution in [3.8, 4) is 0 Å². The summed E-state index contributed by atoms with van der Waals surface area (Å²) in [5.41, 5.74) is 2.49. The minimum Gasteiger partial charge on any atom is -0.355 e. The molecule has 5 nitrogen and oxygen atoms in total. The molecule has 1 aliphatic heterocycles. The first-order valence-corrected chi connectivity index (χ1v) is 9.44. The summed E-state index contributed by atoms with van der Waals surface area (Å²) in [6.45, 7) is 6.99. The Morgan fingerprint density at radius 2 is 1.69 bits per heavy atom. The number of aromatic nitrogens is 1. The molecule has 1 aromatic heterocycles. The normalized spacial score (nSPS) is 15.7. The minimum absolute atomic E-state index is 0.122. The zero-order valence-corrected chi connectivity index (χ0v) is 15.3. The summed E-state index contributed by atoms with van der Waals surface area (Å²) < 4.78 is 0. The molecule has 0 spiro atoms. The number of rotatable bonds is 8. The van der Waals surface area contributed by atoms with Crippen molar-refractivity contribution in [3.63, 3.8) is 0 Å². The van der Waals surface area contributed by atoms with Crippen LogP contribution in [0, 0.1) is 0 Å². The molecule has 1 saturated heterocycles. The van der Waals surface area contributed by atoms with Gasteiger partial charge in [0.05, 0.1) is 0 Å². The summed E-state index contributed by atoms with van der Waals surface area (Å²) in [6, 6.07) is 14.6. The molecule has 0 atom stereocenters. The van der Waals surface area contributed by atoms with E-state index >= 15 is 0 Å². The first kappa shape index (κ1) is 18.5. The molecule has 0 saturated carbocycles. The molecule has 138 valence electrons. The lowest BCUT2D eigenvalue weighted by Crippen LogP contribution is -2.48. The van der Waals surface area contributed by atoms with Crippen LogP contribution in [0.15, 0.2) is 54.9 Å². The number of benzene rings is 1. The number of carbonyl (C=O) groups excluding carboxylic acids is 1. The van der Waals surface area contributed by atoms with Gasteiger partial charge >= 0.3 is 0 Å². The summed E-state index contributed by atoms with van der Waals surface area (Å²) in [5, 5.41) is 3.04. The third-order valence-electron chi connectivity index (χ3n) is 4.83. The van der Waals surface area contributed by atoms with Crippen LogP contribution in [-0.4, -0.2) is 60.0 Å².